The molecule has 0 aliphatic heterocycles. The van der Waals surface area contributed by atoms with Crippen LogP contribution in [0.3, 0.4) is 0 Å². The van der Waals surface area contributed by atoms with Gasteiger partial charge >= 0.3 is 5.97 Å². The van der Waals surface area contributed by atoms with Crippen molar-refractivity contribution in [3.63, 3.8) is 0 Å². The lowest BCUT2D eigenvalue weighted by atomic mass is 9.95. The highest BCUT2D eigenvalue weighted by Gasteiger charge is 2.18. The van der Waals surface area contributed by atoms with Crippen molar-refractivity contribution in [2.24, 2.45) is 5.92 Å². The van der Waals surface area contributed by atoms with E-state index in [-0.39, 0.29) is 18.5 Å². The van der Waals surface area contributed by atoms with E-state index in [2.05, 4.69) is 13.8 Å². The average molecular weight is 286 g/mol. The Kier molecular flexibility index (Phi) is 14.4. The lowest BCUT2D eigenvalue weighted by molar-refractivity contribution is -0.149. The van der Waals surface area contributed by atoms with Crippen molar-refractivity contribution in [3.8, 4) is 0 Å². The number of carbonyl (C=O) groups is 1. The Morgan fingerprint density at radius 1 is 0.900 bits per heavy atom. The van der Waals surface area contributed by atoms with Gasteiger partial charge < -0.3 is 9.84 Å². The van der Waals surface area contributed by atoms with E-state index in [4.69, 9.17) is 9.84 Å². The molecule has 0 spiro atoms. The van der Waals surface area contributed by atoms with Crippen LogP contribution in [-0.2, 0) is 9.53 Å². The smallest absolute Gasteiger partial charge is 0.308 e. The number of rotatable bonds is 14. The maximum atomic E-state index is 12.1. The molecule has 1 atom stereocenters. The molecule has 0 aromatic rings. The number of hydrogen-bond donors (Lipinski definition) is 1. The van der Waals surface area contributed by atoms with E-state index < -0.39 is 0 Å². The van der Waals surface area contributed by atoms with E-state index in [1.807, 2.05) is 0 Å². The fourth-order valence-electron chi connectivity index (χ4n) is 2.33. The zero-order chi connectivity index (χ0) is 15.1. The van der Waals surface area contributed by atoms with Crippen LogP contribution in [0.4, 0.5) is 0 Å². The van der Waals surface area contributed by atoms with E-state index in [1.54, 1.807) is 0 Å². The molecule has 3 heteroatoms. The molecule has 0 aromatic carbocycles. The summed E-state index contributed by atoms with van der Waals surface area (Å²) >= 11 is 0. The third kappa shape index (κ3) is 11.3. The zero-order valence-corrected chi connectivity index (χ0v) is 13.5. The molecular formula is C17H34O3. The Labute approximate surface area is 125 Å². The summed E-state index contributed by atoms with van der Waals surface area (Å²) in [5.74, 6) is 0.101. The van der Waals surface area contributed by atoms with Crippen LogP contribution in [0.25, 0.3) is 0 Å². The summed E-state index contributed by atoms with van der Waals surface area (Å²) in [5, 5.41) is 8.69. The molecule has 0 rings (SSSR count). The first-order chi connectivity index (χ1) is 9.76. The molecule has 0 aromatic heterocycles. The summed E-state index contributed by atoms with van der Waals surface area (Å²) in [6.45, 7) is 5.10. The second-order valence-electron chi connectivity index (χ2n) is 5.64. The first-order valence-corrected chi connectivity index (χ1v) is 8.53. The zero-order valence-electron chi connectivity index (χ0n) is 13.5. The SMILES string of the molecule is CCCCCCC(CCCC)C(=O)OCCCCCO. The highest BCUT2D eigenvalue weighted by molar-refractivity contribution is 5.72. The van der Waals surface area contributed by atoms with Crippen molar-refractivity contribution in [2.75, 3.05) is 13.2 Å². The van der Waals surface area contributed by atoms with E-state index >= 15 is 0 Å². The molecular weight excluding hydrogens is 252 g/mol. The summed E-state index contributed by atoms with van der Waals surface area (Å²) in [6.07, 6.45) is 11.6. The van der Waals surface area contributed by atoms with Crippen LogP contribution < -0.4 is 0 Å². The molecule has 0 heterocycles. The van der Waals surface area contributed by atoms with E-state index in [0.29, 0.717) is 6.61 Å². The number of ether oxygens (including phenoxy) is 1. The second-order valence-corrected chi connectivity index (χ2v) is 5.64. The standard InChI is InChI=1S/C17H34O3/c1-3-5-7-9-13-16(12-6-4-2)17(19)20-15-11-8-10-14-18/h16,18H,3-15H2,1-2H3. The summed E-state index contributed by atoms with van der Waals surface area (Å²) < 4.78 is 5.38. The molecule has 0 saturated carbocycles. The van der Waals surface area contributed by atoms with Crippen LogP contribution in [0.15, 0.2) is 0 Å². The number of aliphatic hydroxyl groups excluding tert-OH is 1. The van der Waals surface area contributed by atoms with Gasteiger partial charge in [-0.2, -0.15) is 0 Å². The van der Waals surface area contributed by atoms with Gasteiger partial charge in [0.25, 0.3) is 0 Å². The molecule has 120 valence electrons. The molecule has 1 unspecified atom stereocenters. The molecule has 0 radical (unpaired) electrons. The third-order valence-corrected chi connectivity index (χ3v) is 3.69. The quantitative estimate of drug-likeness (QED) is 0.378. The lowest BCUT2D eigenvalue weighted by Crippen LogP contribution is -2.18. The summed E-state index contributed by atoms with van der Waals surface area (Å²) in [6, 6.07) is 0. The first kappa shape index (κ1) is 19.4. The maximum absolute atomic E-state index is 12.1. The Hall–Kier alpha value is -0.570. The number of hydrogen-bond acceptors (Lipinski definition) is 3. The van der Waals surface area contributed by atoms with Gasteiger partial charge in [0.15, 0.2) is 0 Å². The van der Waals surface area contributed by atoms with E-state index in [9.17, 15) is 4.79 Å². The number of unbranched alkanes of at least 4 members (excludes halogenated alkanes) is 6. The van der Waals surface area contributed by atoms with E-state index in [1.165, 1.54) is 19.3 Å². The largest absolute Gasteiger partial charge is 0.465 e. The Morgan fingerprint density at radius 3 is 2.20 bits per heavy atom. The fourth-order valence-corrected chi connectivity index (χ4v) is 2.33. The van der Waals surface area contributed by atoms with E-state index in [0.717, 1.165) is 51.4 Å². The predicted molar refractivity (Wildman–Crippen MR) is 83.7 cm³/mol. The van der Waals surface area contributed by atoms with Gasteiger partial charge in [0.05, 0.1) is 12.5 Å². The van der Waals surface area contributed by atoms with Gasteiger partial charge in [-0.15, -0.1) is 0 Å². The van der Waals surface area contributed by atoms with Crippen LogP contribution in [0.2, 0.25) is 0 Å². The highest BCUT2D eigenvalue weighted by atomic mass is 16.5. The number of carbonyl (C=O) groups excluding carboxylic acids is 1. The Morgan fingerprint density at radius 2 is 1.55 bits per heavy atom. The molecule has 0 amide bonds. The van der Waals surface area contributed by atoms with Gasteiger partial charge in [0.1, 0.15) is 0 Å². The van der Waals surface area contributed by atoms with Crippen molar-refractivity contribution in [1.29, 1.82) is 0 Å². The average Bonchev–Trinajstić information content (AvgIpc) is 2.46. The summed E-state index contributed by atoms with van der Waals surface area (Å²) in [7, 11) is 0. The Balaban J connectivity index is 3.87. The van der Waals surface area contributed by atoms with Crippen molar-refractivity contribution in [3.05, 3.63) is 0 Å². The molecule has 0 aliphatic rings. The van der Waals surface area contributed by atoms with Crippen molar-refractivity contribution in [2.45, 2.75) is 84.5 Å². The fraction of sp³-hybridized carbons (Fsp3) is 0.941. The van der Waals surface area contributed by atoms with Gasteiger partial charge in [0.2, 0.25) is 0 Å². The lowest BCUT2D eigenvalue weighted by Gasteiger charge is -2.15. The minimum atomic E-state index is -0.000975. The van der Waals surface area contributed by atoms with Crippen molar-refractivity contribution < 1.29 is 14.6 Å². The molecule has 0 saturated heterocycles. The normalized spacial score (nSPS) is 12.3. The predicted octanol–water partition coefficient (Wildman–Crippen LogP) is 4.47. The van der Waals surface area contributed by atoms with Gasteiger partial charge in [0, 0.05) is 6.61 Å². The third-order valence-electron chi connectivity index (χ3n) is 3.69. The number of aliphatic hydroxyl groups is 1. The minimum absolute atomic E-state index is 0.000975. The highest BCUT2D eigenvalue weighted by Crippen LogP contribution is 2.19. The molecule has 3 nitrogen and oxygen atoms in total. The van der Waals surface area contributed by atoms with Crippen molar-refractivity contribution in [1.82, 2.24) is 0 Å². The van der Waals surface area contributed by atoms with Gasteiger partial charge in [-0.1, -0.05) is 52.4 Å². The van der Waals surface area contributed by atoms with Gasteiger partial charge in [-0.05, 0) is 32.1 Å². The second kappa shape index (κ2) is 14.8. The monoisotopic (exact) mass is 286 g/mol. The Bertz CT molecular complexity index is 216. The van der Waals surface area contributed by atoms with Gasteiger partial charge in [-0.25, -0.2) is 0 Å². The maximum Gasteiger partial charge on any atom is 0.308 e. The van der Waals surface area contributed by atoms with Gasteiger partial charge in [-0.3, -0.25) is 4.79 Å². The summed E-state index contributed by atoms with van der Waals surface area (Å²) in [4.78, 5) is 12.1. The molecule has 1 N–H and O–H groups in total. The van der Waals surface area contributed by atoms with Crippen molar-refractivity contribution >= 4 is 5.97 Å². The van der Waals surface area contributed by atoms with Crippen LogP contribution in [-0.4, -0.2) is 24.3 Å². The minimum Gasteiger partial charge on any atom is -0.465 e. The molecule has 20 heavy (non-hydrogen) atoms. The molecule has 0 fully saturated rings. The molecule has 0 bridgehead atoms. The van der Waals surface area contributed by atoms with Crippen LogP contribution >= 0.6 is 0 Å². The topological polar surface area (TPSA) is 46.5 Å². The number of esters is 1. The summed E-state index contributed by atoms with van der Waals surface area (Å²) in [5.41, 5.74) is 0. The van der Waals surface area contributed by atoms with Crippen LogP contribution in [0, 0.1) is 5.92 Å². The van der Waals surface area contributed by atoms with Crippen LogP contribution in [0.1, 0.15) is 84.5 Å². The molecule has 0 aliphatic carbocycles. The first-order valence-electron chi connectivity index (χ1n) is 8.53. The van der Waals surface area contributed by atoms with Crippen LogP contribution in [0.5, 0.6) is 0 Å².